The van der Waals surface area contributed by atoms with E-state index in [0.29, 0.717) is 0 Å². The van der Waals surface area contributed by atoms with Crippen molar-refractivity contribution in [2.75, 3.05) is 0 Å². The van der Waals surface area contributed by atoms with Gasteiger partial charge < -0.3 is 4.74 Å². The summed E-state index contributed by atoms with van der Waals surface area (Å²) in [5.74, 6) is -0.594. The Kier molecular flexibility index (Phi) is 3.73. The number of nitrogens with zero attached hydrogens (tertiary/aromatic N) is 2. The lowest BCUT2D eigenvalue weighted by Crippen LogP contribution is -2.08. The second-order valence-electron chi connectivity index (χ2n) is 5.25. The molecule has 0 spiro atoms. The van der Waals surface area contributed by atoms with Crippen LogP contribution in [0.1, 0.15) is 36.7 Å². The van der Waals surface area contributed by atoms with E-state index in [0.717, 1.165) is 42.8 Å². The van der Waals surface area contributed by atoms with Gasteiger partial charge in [0.1, 0.15) is 12.4 Å². The van der Waals surface area contributed by atoms with Crippen LogP contribution in [0.3, 0.4) is 0 Å². The number of aromatic nitrogens is 2. The van der Waals surface area contributed by atoms with Crippen LogP contribution in [-0.2, 0) is 29.0 Å². The Morgan fingerprint density at radius 3 is 2.71 bits per heavy atom. The van der Waals surface area contributed by atoms with Gasteiger partial charge in [0, 0.05) is 12.5 Å². The highest BCUT2D eigenvalue weighted by Crippen LogP contribution is 2.27. The first-order valence-corrected chi connectivity index (χ1v) is 7.14. The molecule has 0 aliphatic heterocycles. The molecule has 0 N–H and O–H groups in total. The van der Waals surface area contributed by atoms with Gasteiger partial charge in [0.2, 0.25) is 0 Å². The third-order valence-corrected chi connectivity index (χ3v) is 3.75. The second kappa shape index (κ2) is 5.68. The van der Waals surface area contributed by atoms with E-state index in [1.165, 1.54) is 24.6 Å². The Bertz CT molecular complexity index is 662. The highest BCUT2D eigenvalue weighted by atomic mass is 19.1. The van der Waals surface area contributed by atoms with Gasteiger partial charge in [-0.15, -0.1) is 0 Å². The molecule has 1 aromatic heterocycles. The molecule has 4 nitrogen and oxygen atoms in total. The summed E-state index contributed by atoms with van der Waals surface area (Å²) in [6, 6.07) is 6.19. The number of hydrogen-bond donors (Lipinski definition) is 0. The molecule has 3 rings (SSSR count). The van der Waals surface area contributed by atoms with E-state index >= 15 is 0 Å². The maximum absolute atomic E-state index is 13.1. The predicted molar refractivity (Wildman–Crippen MR) is 75.6 cm³/mol. The van der Waals surface area contributed by atoms with Crippen LogP contribution >= 0.6 is 0 Å². The van der Waals surface area contributed by atoms with E-state index in [9.17, 15) is 9.18 Å². The monoisotopic (exact) mass is 288 g/mol. The number of benzene rings is 1. The van der Waals surface area contributed by atoms with Crippen molar-refractivity contribution in [2.24, 2.45) is 0 Å². The molecule has 0 fully saturated rings. The maximum Gasteiger partial charge on any atom is 0.303 e. The Hall–Kier alpha value is -2.17. The standard InChI is InChI=1S/C16H17FN2O2/c1-11(20)21-10-16-14-4-2-3-5-15(14)18-19(16)13-8-6-12(17)7-9-13/h6-9H,2-5,10H2,1H3. The Morgan fingerprint density at radius 1 is 1.29 bits per heavy atom. The van der Waals surface area contributed by atoms with Crippen LogP contribution in [0.5, 0.6) is 0 Å². The molecule has 0 unspecified atom stereocenters. The molecular formula is C16H17FN2O2. The van der Waals surface area contributed by atoms with Crippen molar-refractivity contribution in [3.05, 3.63) is 47.0 Å². The minimum Gasteiger partial charge on any atom is -0.459 e. The van der Waals surface area contributed by atoms with Crippen molar-refractivity contribution in [1.82, 2.24) is 9.78 Å². The van der Waals surface area contributed by atoms with Crippen molar-refractivity contribution in [3.63, 3.8) is 0 Å². The number of aryl methyl sites for hydroxylation is 1. The Labute approximate surface area is 122 Å². The normalized spacial score (nSPS) is 13.8. The Morgan fingerprint density at radius 2 is 2.00 bits per heavy atom. The van der Waals surface area contributed by atoms with E-state index in [1.807, 2.05) is 0 Å². The van der Waals surface area contributed by atoms with Gasteiger partial charge in [-0.05, 0) is 49.9 Å². The molecule has 5 heteroatoms. The predicted octanol–water partition coefficient (Wildman–Crippen LogP) is 2.95. The average molecular weight is 288 g/mol. The van der Waals surface area contributed by atoms with Gasteiger partial charge in [-0.25, -0.2) is 9.07 Å². The summed E-state index contributed by atoms with van der Waals surface area (Å²) in [4.78, 5) is 11.1. The third-order valence-electron chi connectivity index (χ3n) is 3.75. The summed E-state index contributed by atoms with van der Waals surface area (Å²) in [7, 11) is 0. The van der Waals surface area contributed by atoms with Gasteiger partial charge >= 0.3 is 5.97 Å². The summed E-state index contributed by atoms with van der Waals surface area (Å²) in [6.45, 7) is 1.60. The van der Waals surface area contributed by atoms with Gasteiger partial charge in [0.05, 0.1) is 17.1 Å². The highest BCUT2D eigenvalue weighted by molar-refractivity contribution is 5.66. The van der Waals surface area contributed by atoms with Crippen LogP contribution in [-0.4, -0.2) is 15.7 Å². The summed E-state index contributed by atoms with van der Waals surface area (Å²) in [5, 5.41) is 4.63. The number of fused-ring (bicyclic) bond motifs is 1. The topological polar surface area (TPSA) is 44.1 Å². The van der Waals surface area contributed by atoms with Crippen LogP contribution in [0.25, 0.3) is 5.69 Å². The number of ether oxygens (including phenoxy) is 1. The summed E-state index contributed by atoms with van der Waals surface area (Å²) in [6.07, 6.45) is 4.14. The van der Waals surface area contributed by atoms with E-state index in [1.54, 1.807) is 16.8 Å². The van der Waals surface area contributed by atoms with Crippen molar-refractivity contribution in [3.8, 4) is 5.69 Å². The molecule has 2 aromatic rings. The zero-order valence-corrected chi connectivity index (χ0v) is 11.9. The van der Waals surface area contributed by atoms with Gasteiger partial charge in [0.15, 0.2) is 0 Å². The molecule has 1 aliphatic carbocycles. The Balaban J connectivity index is 2.03. The van der Waals surface area contributed by atoms with Crippen molar-refractivity contribution in [1.29, 1.82) is 0 Å². The van der Waals surface area contributed by atoms with E-state index in [-0.39, 0.29) is 18.4 Å². The molecular weight excluding hydrogens is 271 g/mol. The molecule has 1 heterocycles. The van der Waals surface area contributed by atoms with Crippen molar-refractivity contribution >= 4 is 5.97 Å². The largest absolute Gasteiger partial charge is 0.459 e. The summed E-state index contributed by atoms with van der Waals surface area (Å²) >= 11 is 0. The molecule has 0 saturated heterocycles. The highest BCUT2D eigenvalue weighted by Gasteiger charge is 2.22. The van der Waals surface area contributed by atoms with Crippen LogP contribution in [0.2, 0.25) is 0 Å². The third kappa shape index (κ3) is 2.82. The first-order chi connectivity index (χ1) is 10.1. The van der Waals surface area contributed by atoms with Crippen molar-refractivity contribution < 1.29 is 13.9 Å². The quantitative estimate of drug-likeness (QED) is 0.816. The minimum absolute atomic E-state index is 0.203. The lowest BCUT2D eigenvalue weighted by atomic mass is 9.96. The SMILES string of the molecule is CC(=O)OCc1c2c(nn1-c1ccc(F)cc1)CCCC2. The van der Waals surface area contributed by atoms with Gasteiger partial charge in [-0.3, -0.25) is 4.79 Å². The number of carbonyl (C=O) groups is 1. The van der Waals surface area contributed by atoms with E-state index in [4.69, 9.17) is 4.74 Å². The van der Waals surface area contributed by atoms with Crippen LogP contribution in [0.15, 0.2) is 24.3 Å². The molecule has 1 aromatic carbocycles. The first-order valence-electron chi connectivity index (χ1n) is 7.14. The summed E-state index contributed by atoms with van der Waals surface area (Å²) in [5.41, 5.74) is 3.92. The fourth-order valence-electron chi connectivity index (χ4n) is 2.73. The maximum atomic E-state index is 13.1. The first kappa shape index (κ1) is 13.8. The molecule has 0 amide bonds. The smallest absolute Gasteiger partial charge is 0.303 e. The average Bonchev–Trinajstić information content (AvgIpc) is 2.84. The zero-order valence-electron chi connectivity index (χ0n) is 11.9. The van der Waals surface area contributed by atoms with Gasteiger partial charge in [-0.1, -0.05) is 0 Å². The second-order valence-corrected chi connectivity index (χ2v) is 5.25. The van der Waals surface area contributed by atoms with E-state index in [2.05, 4.69) is 5.10 Å². The van der Waals surface area contributed by atoms with Crippen LogP contribution < -0.4 is 0 Å². The van der Waals surface area contributed by atoms with Crippen molar-refractivity contribution in [2.45, 2.75) is 39.2 Å². The summed E-state index contributed by atoms with van der Waals surface area (Å²) < 4.78 is 20.0. The molecule has 0 atom stereocenters. The van der Waals surface area contributed by atoms with Crippen LogP contribution in [0, 0.1) is 5.82 Å². The zero-order chi connectivity index (χ0) is 14.8. The molecule has 0 saturated carbocycles. The number of halogens is 1. The lowest BCUT2D eigenvalue weighted by Gasteiger charge is -2.12. The number of carbonyl (C=O) groups excluding carboxylic acids is 1. The number of esters is 1. The molecule has 0 bridgehead atoms. The molecule has 1 aliphatic rings. The van der Waals surface area contributed by atoms with Crippen LogP contribution in [0.4, 0.5) is 4.39 Å². The van der Waals surface area contributed by atoms with E-state index < -0.39 is 0 Å². The molecule has 110 valence electrons. The molecule has 21 heavy (non-hydrogen) atoms. The minimum atomic E-state index is -0.314. The number of rotatable bonds is 3. The number of hydrogen-bond acceptors (Lipinski definition) is 3. The van der Waals surface area contributed by atoms with Gasteiger partial charge in [-0.2, -0.15) is 5.10 Å². The van der Waals surface area contributed by atoms with Gasteiger partial charge in [0.25, 0.3) is 0 Å². The fraction of sp³-hybridized carbons (Fsp3) is 0.375. The fourth-order valence-corrected chi connectivity index (χ4v) is 2.73. The lowest BCUT2D eigenvalue weighted by molar-refractivity contribution is -0.142. The molecule has 0 radical (unpaired) electrons.